The smallest absolute Gasteiger partial charge is 0.196 e. The molecule has 0 fully saturated rings. The van der Waals surface area contributed by atoms with Crippen LogP contribution in [0.2, 0.25) is 10.0 Å². The standard InChI is InChI=1S/C13H6Cl2INOS/c14-7-2-9(15)12-8(4-17-10(12)3-7)13(18)6-1-11(16)19-5-6/h1-5,17H. The van der Waals surface area contributed by atoms with E-state index in [4.69, 9.17) is 23.2 Å². The number of aromatic nitrogens is 1. The van der Waals surface area contributed by atoms with Crippen molar-refractivity contribution in [2.24, 2.45) is 0 Å². The topological polar surface area (TPSA) is 32.9 Å². The molecule has 0 atom stereocenters. The third kappa shape index (κ3) is 2.42. The van der Waals surface area contributed by atoms with Gasteiger partial charge < -0.3 is 4.98 Å². The van der Waals surface area contributed by atoms with Crippen LogP contribution in [0.5, 0.6) is 0 Å². The molecule has 6 heteroatoms. The molecule has 2 nitrogen and oxygen atoms in total. The van der Waals surface area contributed by atoms with Crippen molar-refractivity contribution >= 4 is 73.8 Å². The third-order valence-electron chi connectivity index (χ3n) is 2.77. The molecule has 1 N–H and O–H groups in total. The number of hydrogen-bond donors (Lipinski definition) is 1. The second kappa shape index (κ2) is 5.09. The van der Waals surface area contributed by atoms with Gasteiger partial charge in [0.05, 0.1) is 7.91 Å². The Kier molecular flexibility index (Phi) is 3.59. The molecule has 0 amide bonds. The van der Waals surface area contributed by atoms with Crippen LogP contribution in [0.25, 0.3) is 10.9 Å². The quantitative estimate of drug-likeness (QED) is 0.437. The highest BCUT2D eigenvalue weighted by Gasteiger charge is 2.17. The molecule has 3 aromatic rings. The number of carbonyl (C=O) groups excluding carboxylic acids is 1. The normalized spacial score (nSPS) is 11.1. The maximum atomic E-state index is 12.5. The van der Waals surface area contributed by atoms with Gasteiger partial charge >= 0.3 is 0 Å². The Bertz CT molecular complexity index is 793. The molecule has 0 saturated carbocycles. The minimum Gasteiger partial charge on any atom is -0.360 e. The summed E-state index contributed by atoms with van der Waals surface area (Å²) in [5.41, 5.74) is 2.03. The summed E-state index contributed by atoms with van der Waals surface area (Å²) in [7, 11) is 0. The van der Waals surface area contributed by atoms with Crippen molar-refractivity contribution in [2.75, 3.05) is 0 Å². The number of hydrogen-bond acceptors (Lipinski definition) is 2. The molecule has 19 heavy (non-hydrogen) atoms. The number of rotatable bonds is 2. The van der Waals surface area contributed by atoms with E-state index in [0.717, 1.165) is 13.8 Å². The summed E-state index contributed by atoms with van der Waals surface area (Å²) in [6.45, 7) is 0. The highest BCUT2D eigenvalue weighted by Crippen LogP contribution is 2.32. The number of carbonyl (C=O) groups is 1. The van der Waals surface area contributed by atoms with E-state index >= 15 is 0 Å². The fraction of sp³-hybridized carbons (Fsp3) is 0. The van der Waals surface area contributed by atoms with Crippen molar-refractivity contribution in [1.82, 2.24) is 4.98 Å². The minimum absolute atomic E-state index is 0.0327. The van der Waals surface area contributed by atoms with Crippen LogP contribution < -0.4 is 0 Å². The van der Waals surface area contributed by atoms with Crippen LogP contribution in [0.1, 0.15) is 15.9 Å². The highest BCUT2D eigenvalue weighted by atomic mass is 127. The van der Waals surface area contributed by atoms with Gasteiger partial charge in [-0.3, -0.25) is 4.79 Å². The first-order valence-electron chi connectivity index (χ1n) is 5.31. The maximum absolute atomic E-state index is 12.5. The molecule has 0 unspecified atom stereocenters. The lowest BCUT2D eigenvalue weighted by Crippen LogP contribution is -1.98. The SMILES string of the molecule is O=C(c1csc(I)c1)c1c[nH]c2cc(Cl)cc(Cl)c12. The summed E-state index contributed by atoms with van der Waals surface area (Å²) in [4.78, 5) is 15.5. The predicted molar refractivity (Wildman–Crippen MR) is 88.8 cm³/mol. The van der Waals surface area contributed by atoms with Gasteiger partial charge in [0.25, 0.3) is 0 Å². The van der Waals surface area contributed by atoms with Crippen LogP contribution in [0.3, 0.4) is 0 Å². The first kappa shape index (κ1) is 13.4. The van der Waals surface area contributed by atoms with Crippen molar-refractivity contribution in [2.45, 2.75) is 0 Å². The lowest BCUT2D eigenvalue weighted by Gasteiger charge is -2.00. The lowest BCUT2D eigenvalue weighted by molar-refractivity contribution is 0.104. The van der Waals surface area contributed by atoms with Gasteiger partial charge in [0.1, 0.15) is 0 Å². The predicted octanol–water partition coefficient (Wildman–Crippen LogP) is 5.37. The Labute approximate surface area is 136 Å². The molecule has 2 heterocycles. The lowest BCUT2D eigenvalue weighted by atomic mass is 10.1. The molecule has 96 valence electrons. The van der Waals surface area contributed by atoms with Gasteiger partial charge in [-0.25, -0.2) is 0 Å². The van der Waals surface area contributed by atoms with Crippen LogP contribution in [0.4, 0.5) is 0 Å². The van der Waals surface area contributed by atoms with Crippen molar-refractivity contribution < 1.29 is 4.79 Å². The summed E-state index contributed by atoms with van der Waals surface area (Å²) in [5.74, 6) is -0.0327. The molecule has 0 spiro atoms. The average molecular weight is 422 g/mol. The minimum atomic E-state index is -0.0327. The molecule has 0 bridgehead atoms. The largest absolute Gasteiger partial charge is 0.360 e. The van der Waals surface area contributed by atoms with Crippen LogP contribution in [0, 0.1) is 2.88 Å². The maximum Gasteiger partial charge on any atom is 0.196 e. The van der Waals surface area contributed by atoms with Gasteiger partial charge in [0.2, 0.25) is 0 Å². The van der Waals surface area contributed by atoms with E-state index in [2.05, 4.69) is 27.6 Å². The molecule has 1 aromatic carbocycles. The Balaban J connectivity index is 2.18. The van der Waals surface area contributed by atoms with E-state index in [1.54, 1.807) is 29.7 Å². The average Bonchev–Trinajstić information content (AvgIpc) is 2.94. The fourth-order valence-electron chi connectivity index (χ4n) is 1.95. The van der Waals surface area contributed by atoms with Gasteiger partial charge in [-0.05, 0) is 40.8 Å². The number of aromatic amines is 1. The molecule has 0 aliphatic carbocycles. The molecule has 0 aliphatic heterocycles. The Morgan fingerprint density at radius 2 is 2.05 bits per heavy atom. The Morgan fingerprint density at radius 1 is 1.26 bits per heavy atom. The number of thiophene rings is 1. The zero-order valence-electron chi connectivity index (χ0n) is 9.34. The second-order valence-electron chi connectivity index (χ2n) is 3.98. The molecular weight excluding hydrogens is 416 g/mol. The van der Waals surface area contributed by atoms with Gasteiger partial charge in [-0.15, -0.1) is 11.3 Å². The molecule has 0 saturated heterocycles. The number of benzene rings is 1. The van der Waals surface area contributed by atoms with E-state index < -0.39 is 0 Å². The monoisotopic (exact) mass is 421 g/mol. The van der Waals surface area contributed by atoms with Gasteiger partial charge in [0, 0.05) is 38.6 Å². The van der Waals surface area contributed by atoms with Crippen molar-refractivity contribution in [3.05, 3.63) is 53.8 Å². The summed E-state index contributed by atoms with van der Waals surface area (Å²) in [6, 6.07) is 5.28. The van der Waals surface area contributed by atoms with Gasteiger partial charge in [0.15, 0.2) is 5.78 Å². The van der Waals surface area contributed by atoms with Gasteiger partial charge in [-0.1, -0.05) is 23.2 Å². The number of nitrogens with one attached hydrogen (secondary N) is 1. The zero-order valence-corrected chi connectivity index (χ0v) is 13.8. The molecular formula is C13H6Cl2INOS. The number of ketones is 1. The zero-order chi connectivity index (χ0) is 13.6. The fourth-order valence-corrected chi connectivity index (χ4v) is 3.87. The Morgan fingerprint density at radius 3 is 2.74 bits per heavy atom. The van der Waals surface area contributed by atoms with Crippen LogP contribution >= 0.6 is 57.1 Å². The second-order valence-corrected chi connectivity index (χ2v) is 7.63. The van der Waals surface area contributed by atoms with Crippen LogP contribution in [-0.2, 0) is 0 Å². The molecule has 3 rings (SSSR count). The summed E-state index contributed by atoms with van der Waals surface area (Å²) in [5, 5.41) is 3.60. The van der Waals surface area contributed by atoms with Gasteiger partial charge in [-0.2, -0.15) is 0 Å². The van der Waals surface area contributed by atoms with E-state index in [1.165, 1.54) is 0 Å². The van der Waals surface area contributed by atoms with E-state index in [-0.39, 0.29) is 5.78 Å². The van der Waals surface area contributed by atoms with Crippen LogP contribution in [-0.4, -0.2) is 10.8 Å². The summed E-state index contributed by atoms with van der Waals surface area (Å²) < 4.78 is 1.08. The molecule has 2 aromatic heterocycles. The van der Waals surface area contributed by atoms with E-state index in [9.17, 15) is 4.79 Å². The van der Waals surface area contributed by atoms with E-state index in [0.29, 0.717) is 21.2 Å². The number of halogens is 3. The third-order valence-corrected chi connectivity index (χ3v) is 5.08. The van der Waals surface area contributed by atoms with E-state index in [1.807, 2.05) is 11.4 Å². The molecule has 0 radical (unpaired) electrons. The first-order chi connectivity index (χ1) is 9.06. The highest BCUT2D eigenvalue weighted by molar-refractivity contribution is 14.1. The van der Waals surface area contributed by atoms with Crippen molar-refractivity contribution in [3.63, 3.8) is 0 Å². The number of H-pyrrole nitrogens is 1. The first-order valence-corrected chi connectivity index (χ1v) is 8.02. The summed E-state index contributed by atoms with van der Waals surface area (Å²) >= 11 is 15.9. The van der Waals surface area contributed by atoms with Crippen molar-refractivity contribution in [3.8, 4) is 0 Å². The van der Waals surface area contributed by atoms with Crippen LogP contribution in [0.15, 0.2) is 29.8 Å². The van der Waals surface area contributed by atoms with Crippen molar-refractivity contribution in [1.29, 1.82) is 0 Å². The Hall–Kier alpha value is -0.560. The summed E-state index contributed by atoms with van der Waals surface area (Å²) in [6.07, 6.45) is 1.68. The number of fused-ring (bicyclic) bond motifs is 1. The molecule has 0 aliphatic rings.